The summed E-state index contributed by atoms with van der Waals surface area (Å²) >= 11 is 12.9. The van der Waals surface area contributed by atoms with Crippen molar-refractivity contribution in [1.29, 1.82) is 0 Å². The third-order valence-corrected chi connectivity index (χ3v) is 9.30. The largest absolute Gasteiger partial charge is 0.341 e. The highest BCUT2D eigenvalue weighted by Gasteiger charge is 2.39. The topological polar surface area (TPSA) is 35.6 Å². The molecule has 3 unspecified atom stereocenters. The maximum absolute atomic E-state index is 13.1. The number of piperidine rings is 1. The number of benzene rings is 2. The summed E-state index contributed by atoms with van der Waals surface area (Å²) in [7, 11) is 1.90. The van der Waals surface area contributed by atoms with E-state index in [9.17, 15) is 4.79 Å². The van der Waals surface area contributed by atoms with Gasteiger partial charge in [0.05, 0.1) is 10.8 Å². The molecule has 2 aliphatic heterocycles. The summed E-state index contributed by atoms with van der Waals surface area (Å²) in [6, 6.07) is 18.5. The first kappa shape index (κ1) is 26.5. The van der Waals surface area contributed by atoms with Crippen molar-refractivity contribution in [3.63, 3.8) is 0 Å². The van der Waals surface area contributed by atoms with Gasteiger partial charge in [-0.05, 0) is 61.1 Å². The van der Waals surface area contributed by atoms with Crippen LogP contribution in [-0.4, -0.2) is 66.2 Å². The van der Waals surface area contributed by atoms with Crippen LogP contribution < -0.4 is 5.32 Å². The Bertz CT molecular complexity index is 1140. The normalized spacial score (nSPS) is 23.8. The number of alkyl halides is 2. The van der Waals surface area contributed by atoms with E-state index in [4.69, 9.17) is 23.2 Å². The SMILES string of the molecule is CN(CC(CCN1CCC2(CC1)NCCc1ccccc12)C1=CC(Cl)C(Cl)C=C1)C(=O)c1ccccc1. The van der Waals surface area contributed by atoms with Crippen LogP contribution in [0.3, 0.4) is 0 Å². The fourth-order valence-corrected chi connectivity index (χ4v) is 6.55. The maximum Gasteiger partial charge on any atom is 0.253 e. The number of nitrogens with one attached hydrogen (secondary N) is 1. The van der Waals surface area contributed by atoms with Gasteiger partial charge in [0.1, 0.15) is 0 Å². The van der Waals surface area contributed by atoms with E-state index in [0.717, 1.165) is 57.4 Å². The fourth-order valence-electron chi connectivity index (χ4n) is 6.17. The van der Waals surface area contributed by atoms with Gasteiger partial charge in [-0.3, -0.25) is 4.79 Å². The lowest BCUT2D eigenvalue weighted by molar-refractivity contribution is 0.0769. The van der Waals surface area contributed by atoms with Crippen LogP contribution in [0.2, 0.25) is 0 Å². The molecule has 196 valence electrons. The van der Waals surface area contributed by atoms with Crippen LogP contribution in [0.1, 0.15) is 40.7 Å². The second kappa shape index (κ2) is 11.7. The molecule has 0 bridgehead atoms. The number of carbonyl (C=O) groups excluding carboxylic acids is 1. The van der Waals surface area contributed by atoms with Crippen LogP contribution in [-0.2, 0) is 12.0 Å². The molecule has 5 rings (SSSR count). The fraction of sp³-hybridized carbons (Fsp3) is 0.452. The minimum absolute atomic E-state index is 0.0468. The van der Waals surface area contributed by atoms with Crippen molar-refractivity contribution in [2.24, 2.45) is 5.92 Å². The Balaban J connectivity index is 1.24. The first-order chi connectivity index (χ1) is 17.9. The molecule has 6 heteroatoms. The van der Waals surface area contributed by atoms with Crippen molar-refractivity contribution in [2.75, 3.05) is 39.8 Å². The zero-order valence-corrected chi connectivity index (χ0v) is 23.1. The van der Waals surface area contributed by atoms with Crippen LogP contribution >= 0.6 is 23.2 Å². The molecule has 1 aliphatic carbocycles. The number of hydrogen-bond acceptors (Lipinski definition) is 3. The molecule has 0 aromatic heterocycles. The number of allylic oxidation sites excluding steroid dienone is 3. The highest BCUT2D eigenvalue weighted by Crippen LogP contribution is 2.38. The van der Waals surface area contributed by atoms with Crippen molar-refractivity contribution < 1.29 is 4.79 Å². The Labute approximate surface area is 231 Å². The van der Waals surface area contributed by atoms with E-state index in [1.165, 1.54) is 16.7 Å². The molecule has 2 heterocycles. The number of hydrogen-bond donors (Lipinski definition) is 1. The van der Waals surface area contributed by atoms with Crippen LogP contribution in [0.4, 0.5) is 0 Å². The Morgan fingerprint density at radius 3 is 2.57 bits per heavy atom. The zero-order valence-electron chi connectivity index (χ0n) is 21.6. The third-order valence-electron chi connectivity index (χ3n) is 8.36. The smallest absolute Gasteiger partial charge is 0.253 e. The van der Waals surface area contributed by atoms with Gasteiger partial charge in [-0.25, -0.2) is 0 Å². The minimum Gasteiger partial charge on any atom is -0.341 e. The van der Waals surface area contributed by atoms with Gasteiger partial charge in [0, 0.05) is 50.2 Å². The Kier molecular flexibility index (Phi) is 8.40. The number of rotatable bonds is 7. The summed E-state index contributed by atoms with van der Waals surface area (Å²) in [4.78, 5) is 17.5. The van der Waals surface area contributed by atoms with Gasteiger partial charge in [-0.1, -0.05) is 60.7 Å². The van der Waals surface area contributed by atoms with Crippen molar-refractivity contribution in [2.45, 2.75) is 42.0 Å². The van der Waals surface area contributed by atoms with E-state index in [-0.39, 0.29) is 28.1 Å². The number of amides is 1. The molecule has 1 saturated heterocycles. The number of halogens is 2. The summed E-state index contributed by atoms with van der Waals surface area (Å²) in [5, 5.41) is 3.45. The average Bonchev–Trinajstić information content (AvgIpc) is 2.94. The summed E-state index contributed by atoms with van der Waals surface area (Å²) in [5.41, 5.74) is 5.02. The van der Waals surface area contributed by atoms with E-state index in [1.807, 2.05) is 48.4 Å². The van der Waals surface area contributed by atoms with E-state index in [2.05, 4.69) is 46.6 Å². The van der Waals surface area contributed by atoms with Gasteiger partial charge in [0.15, 0.2) is 0 Å². The number of fused-ring (bicyclic) bond motifs is 2. The molecule has 1 spiro atoms. The van der Waals surface area contributed by atoms with Gasteiger partial charge in [0.2, 0.25) is 0 Å². The molecular formula is C31H37Cl2N3O. The van der Waals surface area contributed by atoms with Crippen LogP contribution in [0.15, 0.2) is 78.4 Å². The van der Waals surface area contributed by atoms with Crippen molar-refractivity contribution in [1.82, 2.24) is 15.1 Å². The summed E-state index contributed by atoms with van der Waals surface area (Å²) < 4.78 is 0. The Morgan fingerprint density at radius 1 is 1.08 bits per heavy atom. The van der Waals surface area contributed by atoms with Gasteiger partial charge in [-0.2, -0.15) is 0 Å². The maximum atomic E-state index is 13.1. The number of nitrogens with zero attached hydrogens (tertiary/aromatic N) is 2. The molecule has 37 heavy (non-hydrogen) atoms. The lowest BCUT2D eigenvalue weighted by Crippen LogP contribution is -2.54. The second-order valence-corrected chi connectivity index (χ2v) is 11.7. The van der Waals surface area contributed by atoms with Crippen molar-refractivity contribution in [3.8, 4) is 0 Å². The Hall–Kier alpha value is -2.11. The van der Waals surface area contributed by atoms with Gasteiger partial charge in [0.25, 0.3) is 5.91 Å². The molecule has 1 amide bonds. The molecule has 4 nitrogen and oxygen atoms in total. The quantitative estimate of drug-likeness (QED) is 0.466. The standard InChI is InChI=1S/C31H37Cl2N3O/c1-35(30(37)24-8-3-2-4-9-24)22-26(25-11-12-28(32)29(33)21-25)14-18-36-19-15-31(16-20-36)27-10-6-5-7-23(27)13-17-34-31/h2-12,21,26,28-29,34H,13-20,22H2,1H3. The van der Waals surface area contributed by atoms with E-state index < -0.39 is 0 Å². The van der Waals surface area contributed by atoms with Crippen LogP contribution in [0.25, 0.3) is 0 Å². The first-order valence-electron chi connectivity index (χ1n) is 13.5. The average molecular weight is 539 g/mol. The molecule has 0 radical (unpaired) electrons. The molecule has 1 N–H and O–H groups in total. The van der Waals surface area contributed by atoms with Gasteiger partial charge in [-0.15, -0.1) is 23.2 Å². The van der Waals surface area contributed by atoms with Gasteiger partial charge >= 0.3 is 0 Å². The Morgan fingerprint density at radius 2 is 1.81 bits per heavy atom. The minimum atomic E-state index is -0.230. The molecule has 1 fully saturated rings. The summed E-state index contributed by atoms with van der Waals surface area (Å²) in [5.74, 6) is 0.245. The van der Waals surface area contributed by atoms with Gasteiger partial charge < -0.3 is 15.1 Å². The van der Waals surface area contributed by atoms with E-state index in [1.54, 1.807) is 0 Å². The highest BCUT2D eigenvalue weighted by atomic mass is 35.5. The van der Waals surface area contributed by atoms with Crippen LogP contribution in [0, 0.1) is 5.92 Å². The highest BCUT2D eigenvalue weighted by molar-refractivity contribution is 6.31. The van der Waals surface area contributed by atoms with Crippen molar-refractivity contribution >= 4 is 29.1 Å². The molecule has 2 aromatic rings. The third kappa shape index (κ3) is 5.98. The lowest BCUT2D eigenvalue weighted by Gasteiger charge is -2.46. The monoisotopic (exact) mass is 537 g/mol. The predicted molar refractivity (Wildman–Crippen MR) is 154 cm³/mol. The lowest BCUT2D eigenvalue weighted by atomic mass is 9.76. The molecular weight excluding hydrogens is 501 g/mol. The first-order valence-corrected chi connectivity index (χ1v) is 14.4. The summed E-state index contributed by atoms with van der Waals surface area (Å²) in [6.45, 7) is 4.85. The number of carbonyl (C=O) groups is 1. The molecule has 3 atom stereocenters. The van der Waals surface area contributed by atoms with E-state index in [0.29, 0.717) is 6.54 Å². The van der Waals surface area contributed by atoms with Crippen molar-refractivity contribution in [3.05, 3.63) is 95.1 Å². The summed E-state index contributed by atoms with van der Waals surface area (Å²) in [6.07, 6.45) is 10.5. The van der Waals surface area contributed by atoms with Crippen LogP contribution in [0.5, 0.6) is 0 Å². The molecule has 3 aliphatic rings. The van der Waals surface area contributed by atoms with E-state index >= 15 is 0 Å². The molecule has 0 saturated carbocycles. The zero-order chi connectivity index (χ0) is 25.8. The molecule has 2 aromatic carbocycles. The second-order valence-electron chi connectivity index (χ2n) is 10.7. The number of likely N-dealkylation sites (tertiary alicyclic amines) is 1. The predicted octanol–water partition coefficient (Wildman–Crippen LogP) is 5.61.